The molecule has 0 aromatic heterocycles. The fourth-order valence-electron chi connectivity index (χ4n) is 7.89. The molecule has 0 aliphatic carbocycles. The highest BCUT2D eigenvalue weighted by atomic mass is 16.5. The first-order valence-corrected chi connectivity index (χ1v) is 16.1. The second-order valence-corrected chi connectivity index (χ2v) is 12.7. The van der Waals surface area contributed by atoms with Gasteiger partial charge in [0.2, 0.25) is 11.8 Å². The van der Waals surface area contributed by atoms with Gasteiger partial charge in [0.25, 0.3) is 5.91 Å². The molecule has 2 aromatic carbocycles. The Morgan fingerprint density at radius 2 is 1.56 bits per heavy atom. The van der Waals surface area contributed by atoms with Crippen molar-refractivity contribution in [2.45, 2.75) is 64.2 Å². The number of para-hydroxylation sites is 1. The van der Waals surface area contributed by atoms with Crippen molar-refractivity contribution in [3.05, 3.63) is 77.9 Å². The number of ether oxygens (including phenoxy) is 2. The third kappa shape index (κ3) is 5.06. The number of nitrogens with zero attached hydrogens (tertiary/aromatic N) is 3. The first-order chi connectivity index (χ1) is 21.7. The lowest BCUT2D eigenvalue weighted by Gasteiger charge is -2.38. The molecule has 4 aliphatic rings. The van der Waals surface area contributed by atoms with E-state index in [2.05, 4.69) is 0 Å². The molecule has 0 radical (unpaired) electrons. The number of aryl methyl sites for hydroxylation is 2. The summed E-state index contributed by atoms with van der Waals surface area (Å²) in [4.78, 5) is 49.2. The summed E-state index contributed by atoms with van der Waals surface area (Å²) in [5.41, 5.74) is 1.05. The molecule has 5 atom stereocenters. The lowest BCUT2D eigenvalue weighted by Crippen LogP contribution is -2.56. The lowest BCUT2D eigenvalue weighted by molar-refractivity contribution is -0.144. The van der Waals surface area contributed by atoms with Crippen LogP contribution in [0.4, 0.5) is 11.4 Å². The summed E-state index contributed by atoms with van der Waals surface area (Å²) in [6, 6.07) is 12.4. The molecule has 0 bridgehead atoms. The van der Waals surface area contributed by atoms with E-state index in [0.29, 0.717) is 56.9 Å². The van der Waals surface area contributed by atoms with E-state index in [1.165, 1.54) is 0 Å². The molecule has 1 spiro atoms. The van der Waals surface area contributed by atoms with Crippen LogP contribution in [0.25, 0.3) is 0 Å². The molecule has 6 rings (SSSR count). The van der Waals surface area contributed by atoms with Crippen molar-refractivity contribution in [3.63, 3.8) is 0 Å². The van der Waals surface area contributed by atoms with Gasteiger partial charge in [-0.3, -0.25) is 14.4 Å². The van der Waals surface area contributed by atoms with Crippen molar-refractivity contribution in [1.82, 2.24) is 4.90 Å². The normalized spacial score (nSPS) is 29.0. The summed E-state index contributed by atoms with van der Waals surface area (Å²) in [6.45, 7) is 9.36. The maximum atomic E-state index is 14.8. The molecule has 3 amide bonds. The smallest absolute Gasteiger partial charge is 0.253 e. The minimum atomic E-state index is -1.32. The Morgan fingerprint density at radius 3 is 2.24 bits per heavy atom. The quantitative estimate of drug-likeness (QED) is 0.334. The van der Waals surface area contributed by atoms with Crippen LogP contribution in [0.3, 0.4) is 0 Å². The Labute approximate surface area is 265 Å². The predicted octanol–water partition coefficient (Wildman–Crippen LogP) is 4.34. The van der Waals surface area contributed by atoms with Crippen molar-refractivity contribution in [3.8, 4) is 5.75 Å². The molecule has 0 saturated carbocycles. The number of rotatable bonds is 9. The van der Waals surface area contributed by atoms with E-state index in [4.69, 9.17) is 9.47 Å². The number of carbonyl (C=O) groups excluding carboxylic acids is 3. The van der Waals surface area contributed by atoms with E-state index in [0.717, 1.165) is 16.8 Å². The van der Waals surface area contributed by atoms with Crippen LogP contribution in [-0.4, -0.2) is 77.8 Å². The largest absolute Gasteiger partial charge is 0.494 e. The van der Waals surface area contributed by atoms with E-state index in [1.54, 1.807) is 14.7 Å². The molecule has 45 heavy (non-hydrogen) atoms. The van der Waals surface area contributed by atoms with Crippen LogP contribution < -0.4 is 14.5 Å². The SMILES string of the molecule is CCOc1ccc(N2CC=C[C@@]3(C)O[C@]45C=CCN(c6c(C)cccc6C)C(=O)C4N(CCCCCO)C(=O)[C@@H]5[C@H]3C2=O)cc1. The van der Waals surface area contributed by atoms with E-state index >= 15 is 0 Å². The second kappa shape index (κ2) is 12.1. The van der Waals surface area contributed by atoms with Crippen LogP contribution in [0, 0.1) is 25.7 Å². The maximum absolute atomic E-state index is 14.8. The maximum Gasteiger partial charge on any atom is 0.253 e. The van der Waals surface area contributed by atoms with Gasteiger partial charge in [0.15, 0.2) is 0 Å². The molecule has 9 heteroatoms. The third-order valence-electron chi connectivity index (χ3n) is 9.78. The van der Waals surface area contributed by atoms with Gasteiger partial charge in [-0.05, 0) is 82.3 Å². The number of aliphatic hydroxyl groups excluding tert-OH is 1. The summed E-state index contributed by atoms with van der Waals surface area (Å²) >= 11 is 0. The number of hydrogen-bond donors (Lipinski definition) is 1. The summed E-state index contributed by atoms with van der Waals surface area (Å²) in [6.07, 6.45) is 9.59. The number of hydrogen-bond acceptors (Lipinski definition) is 6. The Morgan fingerprint density at radius 1 is 0.867 bits per heavy atom. The molecule has 2 aromatic rings. The highest BCUT2D eigenvalue weighted by Gasteiger charge is 2.74. The van der Waals surface area contributed by atoms with E-state index < -0.39 is 29.1 Å². The molecule has 4 aliphatic heterocycles. The Bertz CT molecular complexity index is 1520. The van der Waals surface area contributed by atoms with Gasteiger partial charge in [0.05, 0.1) is 24.0 Å². The Hall–Kier alpha value is -3.95. The van der Waals surface area contributed by atoms with Gasteiger partial charge in [0, 0.05) is 37.6 Å². The van der Waals surface area contributed by atoms with Crippen LogP contribution in [0.15, 0.2) is 66.8 Å². The Balaban J connectivity index is 1.43. The van der Waals surface area contributed by atoms with Crippen molar-refractivity contribution < 1.29 is 29.0 Å². The van der Waals surface area contributed by atoms with E-state index in [9.17, 15) is 19.5 Å². The number of carbonyl (C=O) groups is 3. The van der Waals surface area contributed by atoms with Crippen molar-refractivity contribution in [1.29, 1.82) is 0 Å². The highest BCUT2D eigenvalue weighted by Crippen LogP contribution is 2.58. The van der Waals surface area contributed by atoms with E-state index in [-0.39, 0.29) is 24.3 Å². The lowest BCUT2D eigenvalue weighted by atomic mass is 9.74. The summed E-state index contributed by atoms with van der Waals surface area (Å²) in [5.74, 6) is -1.68. The van der Waals surface area contributed by atoms with Crippen LogP contribution in [0.1, 0.15) is 44.2 Å². The topological polar surface area (TPSA) is 99.6 Å². The zero-order valence-electron chi connectivity index (χ0n) is 26.6. The number of benzene rings is 2. The first-order valence-electron chi connectivity index (χ1n) is 16.1. The molecule has 238 valence electrons. The number of fused-ring (bicyclic) bond motifs is 2. The predicted molar refractivity (Wildman–Crippen MR) is 172 cm³/mol. The summed E-state index contributed by atoms with van der Waals surface area (Å²) in [7, 11) is 0. The Kier molecular flexibility index (Phi) is 8.35. The van der Waals surface area contributed by atoms with Crippen molar-refractivity contribution in [2.75, 3.05) is 42.6 Å². The van der Waals surface area contributed by atoms with Crippen molar-refractivity contribution in [2.24, 2.45) is 11.8 Å². The van der Waals surface area contributed by atoms with Gasteiger partial charge in [-0.15, -0.1) is 0 Å². The fraction of sp³-hybridized carbons (Fsp3) is 0.472. The molecule has 2 fully saturated rings. The van der Waals surface area contributed by atoms with Gasteiger partial charge >= 0.3 is 0 Å². The molecule has 2 saturated heterocycles. The molecule has 4 heterocycles. The molecule has 1 N–H and O–H groups in total. The summed E-state index contributed by atoms with van der Waals surface area (Å²) in [5, 5.41) is 9.37. The molecule has 9 nitrogen and oxygen atoms in total. The average Bonchev–Trinajstić information content (AvgIpc) is 3.28. The molecular formula is C36H43N3O6. The van der Waals surface area contributed by atoms with Gasteiger partial charge < -0.3 is 29.3 Å². The highest BCUT2D eigenvalue weighted by molar-refractivity contribution is 6.08. The van der Waals surface area contributed by atoms with Crippen LogP contribution >= 0.6 is 0 Å². The monoisotopic (exact) mass is 613 g/mol. The first kappa shape index (κ1) is 31.0. The number of likely N-dealkylation sites (tertiary alicyclic amines) is 1. The number of anilines is 2. The van der Waals surface area contributed by atoms with Crippen molar-refractivity contribution >= 4 is 29.1 Å². The third-order valence-corrected chi connectivity index (χ3v) is 9.78. The number of amides is 3. The minimum absolute atomic E-state index is 0.0672. The average molecular weight is 614 g/mol. The summed E-state index contributed by atoms with van der Waals surface area (Å²) < 4.78 is 12.6. The number of aliphatic hydroxyl groups is 1. The van der Waals surface area contributed by atoms with Gasteiger partial charge in [0.1, 0.15) is 17.4 Å². The zero-order chi connectivity index (χ0) is 31.9. The van der Waals surface area contributed by atoms with Gasteiger partial charge in [-0.25, -0.2) is 0 Å². The van der Waals surface area contributed by atoms with E-state index in [1.807, 2.05) is 94.5 Å². The molecular weight excluding hydrogens is 570 g/mol. The second-order valence-electron chi connectivity index (χ2n) is 12.7. The van der Waals surface area contributed by atoms with Crippen LogP contribution in [-0.2, 0) is 19.1 Å². The zero-order valence-corrected chi connectivity index (χ0v) is 26.6. The van der Waals surface area contributed by atoms with Gasteiger partial charge in [-0.2, -0.15) is 0 Å². The van der Waals surface area contributed by atoms with Crippen LogP contribution in [0.2, 0.25) is 0 Å². The van der Waals surface area contributed by atoms with Gasteiger partial charge in [-0.1, -0.05) is 42.5 Å². The number of unbranched alkanes of at least 4 members (excludes halogenated alkanes) is 2. The standard InChI is InChI=1S/C36H43N3O6/c1-5-44-27-16-14-26(15-17-27)37-21-10-18-35(4)28(32(37)41)29-33(42)39(20-7-6-8-23-40)31-34(43)38(22-11-19-36(29,31)45-35)30-24(2)12-9-13-25(30)3/h9-19,28-29,31,40H,5-8,20-23H2,1-4H3/t28-,29-,31?,35+,36-/m0/s1. The van der Waals surface area contributed by atoms with Crippen LogP contribution in [0.5, 0.6) is 5.75 Å². The minimum Gasteiger partial charge on any atom is -0.494 e. The fourth-order valence-corrected chi connectivity index (χ4v) is 7.89. The molecule has 1 unspecified atom stereocenters.